The van der Waals surface area contributed by atoms with Gasteiger partial charge in [-0.1, -0.05) is 0 Å². The maximum Gasteiger partial charge on any atom is 0.573 e. The number of alkyl halides is 3. The molecule has 1 heterocycles. The summed E-state index contributed by atoms with van der Waals surface area (Å²) in [5, 5.41) is 12.5. The Balaban J connectivity index is 1.90. The molecule has 3 aromatic carbocycles. The highest BCUT2D eigenvalue weighted by atomic mass is 19.4. The fourth-order valence-electron chi connectivity index (χ4n) is 4.57. The molecule has 0 fully saturated rings. The Hall–Kier alpha value is -4.65. The van der Waals surface area contributed by atoms with Crippen molar-refractivity contribution in [1.29, 1.82) is 0 Å². The molecule has 4 aromatic rings. The van der Waals surface area contributed by atoms with E-state index in [2.05, 4.69) is 15.0 Å². The largest absolute Gasteiger partial charge is 0.573 e. The van der Waals surface area contributed by atoms with Gasteiger partial charge in [-0.15, -0.1) is 13.2 Å². The SMILES string of the molecule is COc1cc(N[C@@](C)(C(=O)c2c[nH]c3cc(OC)c(OC(F)(F)F)cc23)c2ccc(F)cc2OC)cc(OCCO)c1. The van der Waals surface area contributed by atoms with Gasteiger partial charge in [0.15, 0.2) is 17.3 Å². The first kappa shape index (κ1) is 30.3. The number of benzene rings is 3. The third kappa shape index (κ3) is 6.30. The Labute approximate surface area is 237 Å². The molecule has 42 heavy (non-hydrogen) atoms. The summed E-state index contributed by atoms with van der Waals surface area (Å²) in [4.78, 5) is 17.3. The number of ether oxygens (including phenoxy) is 5. The molecule has 1 atom stereocenters. The number of aromatic amines is 1. The lowest BCUT2D eigenvalue weighted by atomic mass is 9.83. The van der Waals surface area contributed by atoms with Crippen LogP contribution in [0.25, 0.3) is 10.9 Å². The van der Waals surface area contributed by atoms with Crippen molar-refractivity contribution in [3.8, 4) is 28.7 Å². The molecule has 4 rings (SSSR count). The highest BCUT2D eigenvalue weighted by Crippen LogP contribution is 2.41. The number of carbonyl (C=O) groups is 1. The van der Waals surface area contributed by atoms with Gasteiger partial charge in [0, 0.05) is 58.7 Å². The van der Waals surface area contributed by atoms with Crippen molar-refractivity contribution in [2.75, 3.05) is 39.9 Å². The van der Waals surface area contributed by atoms with E-state index in [0.29, 0.717) is 22.7 Å². The molecule has 13 heteroatoms. The Bertz CT molecular complexity index is 1590. The molecule has 0 unspecified atom stereocenters. The number of rotatable bonds is 12. The van der Waals surface area contributed by atoms with Crippen molar-refractivity contribution in [3.63, 3.8) is 0 Å². The number of fused-ring (bicyclic) bond motifs is 1. The van der Waals surface area contributed by atoms with Gasteiger partial charge in [-0.2, -0.15) is 0 Å². The molecular formula is C29H28F4N2O7. The van der Waals surface area contributed by atoms with Crippen LogP contribution in [0.2, 0.25) is 0 Å². The number of nitrogens with one attached hydrogen (secondary N) is 2. The molecule has 0 aliphatic carbocycles. The number of aliphatic hydroxyl groups is 1. The number of aliphatic hydroxyl groups excluding tert-OH is 1. The average molecular weight is 593 g/mol. The summed E-state index contributed by atoms with van der Waals surface area (Å²) in [6, 6.07) is 10.7. The normalized spacial score (nSPS) is 12.9. The Morgan fingerprint density at radius 3 is 2.29 bits per heavy atom. The van der Waals surface area contributed by atoms with E-state index in [4.69, 9.17) is 18.9 Å². The van der Waals surface area contributed by atoms with E-state index in [1.54, 1.807) is 18.2 Å². The summed E-state index contributed by atoms with van der Waals surface area (Å²) in [6.07, 6.45) is -3.66. The fourth-order valence-corrected chi connectivity index (χ4v) is 4.57. The lowest BCUT2D eigenvalue weighted by Gasteiger charge is -2.32. The summed E-state index contributed by atoms with van der Waals surface area (Å²) < 4.78 is 79.1. The quantitative estimate of drug-likeness (QED) is 0.140. The van der Waals surface area contributed by atoms with Crippen LogP contribution in [0, 0.1) is 5.82 Å². The number of carbonyl (C=O) groups excluding carboxylic acids is 1. The van der Waals surface area contributed by atoms with Crippen LogP contribution in [0.15, 0.2) is 54.7 Å². The third-order valence-electron chi connectivity index (χ3n) is 6.46. The number of hydrogen-bond acceptors (Lipinski definition) is 8. The minimum Gasteiger partial charge on any atom is -0.497 e. The monoisotopic (exact) mass is 592 g/mol. The third-order valence-corrected chi connectivity index (χ3v) is 6.46. The number of anilines is 1. The molecule has 9 nitrogen and oxygen atoms in total. The van der Waals surface area contributed by atoms with Gasteiger partial charge < -0.3 is 39.1 Å². The van der Waals surface area contributed by atoms with Crippen LogP contribution in [0.1, 0.15) is 22.8 Å². The Morgan fingerprint density at radius 2 is 1.64 bits per heavy atom. The highest BCUT2D eigenvalue weighted by molar-refractivity contribution is 6.14. The zero-order valence-corrected chi connectivity index (χ0v) is 23.0. The maximum atomic E-state index is 14.4. The number of Topliss-reactive ketones (excluding diaryl/α,β-unsaturated/α-hetero) is 1. The van der Waals surface area contributed by atoms with E-state index in [0.717, 1.165) is 18.2 Å². The second-order valence-corrected chi connectivity index (χ2v) is 9.19. The topological polar surface area (TPSA) is 111 Å². The predicted molar refractivity (Wildman–Crippen MR) is 145 cm³/mol. The van der Waals surface area contributed by atoms with Crippen LogP contribution in [0.5, 0.6) is 28.7 Å². The summed E-state index contributed by atoms with van der Waals surface area (Å²) in [5.41, 5.74) is -0.821. The van der Waals surface area contributed by atoms with E-state index in [9.17, 15) is 27.5 Å². The van der Waals surface area contributed by atoms with E-state index in [1.165, 1.54) is 46.6 Å². The van der Waals surface area contributed by atoms with Crippen molar-refractivity contribution in [3.05, 3.63) is 71.7 Å². The summed E-state index contributed by atoms with van der Waals surface area (Å²) in [6.45, 7) is 1.28. The van der Waals surface area contributed by atoms with Gasteiger partial charge in [0.2, 0.25) is 0 Å². The van der Waals surface area contributed by atoms with Gasteiger partial charge in [-0.3, -0.25) is 4.79 Å². The standard InChI is InChI=1S/C29H28F4N2O7/c1-28(22-6-5-16(30)9-24(22)39-3,35-17-10-18(38-2)12-19(11-17)41-8-7-36)27(37)21-15-34-23-14-25(40-4)26(13-20(21)23)42-29(31,32)33/h5-6,9-15,34-36H,7-8H2,1-4H3/t28-/m1/s1. The first-order valence-corrected chi connectivity index (χ1v) is 12.5. The second-order valence-electron chi connectivity index (χ2n) is 9.19. The molecular weight excluding hydrogens is 564 g/mol. The van der Waals surface area contributed by atoms with Gasteiger partial charge in [-0.05, 0) is 25.1 Å². The molecule has 0 saturated heterocycles. The van der Waals surface area contributed by atoms with Crippen LogP contribution in [0.4, 0.5) is 23.2 Å². The van der Waals surface area contributed by atoms with Crippen LogP contribution in [-0.2, 0) is 5.54 Å². The smallest absolute Gasteiger partial charge is 0.497 e. The highest BCUT2D eigenvalue weighted by Gasteiger charge is 2.40. The van der Waals surface area contributed by atoms with Crippen molar-refractivity contribution in [2.24, 2.45) is 0 Å². The van der Waals surface area contributed by atoms with Crippen molar-refractivity contribution < 1.29 is 51.1 Å². The summed E-state index contributed by atoms with van der Waals surface area (Å²) >= 11 is 0. The number of ketones is 1. The van der Waals surface area contributed by atoms with E-state index in [1.807, 2.05) is 0 Å². The van der Waals surface area contributed by atoms with Gasteiger partial charge in [-0.25, -0.2) is 4.39 Å². The first-order chi connectivity index (χ1) is 19.9. The molecule has 0 bridgehead atoms. The van der Waals surface area contributed by atoms with Crippen LogP contribution >= 0.6 is 0 Å². The summed E-state index contributed by atoms with van der Waals surface area (Å²) in [7, 11) is 3.94. The number of hydrogen-bond donors (Lipinski definition) is 3. The lowest BCUT2D eigenvalue weighted by Crippen LogP contribution is -2.41. The molecule has 0 spiro atoms. The minimum absolute atomic E-state index is 0.000653. The number of aromatic nitrogens is 1. The van der Waals surface area contributed by atoms with Crippen LogP contribution in [-0.4, -0.2) is 56.8 Å². The molecule has 1 aromatic heterocycles. The van der Waals surface area contributed by atoms with E-state index in [-0.39, 0.29) is 41.2 Å². The second kappa shape index (κ2) is 12.1. The zero-order chi connectivity index (χ0) is 30.7. The summed E-state index contributed by atoms with van der Waals surface area (Å²) in [5.74, 6) is -1.34. The minimum atomic E-state index is -5.01. The molecule has 3 N–H and O–H groups in total. The van der Waals surface area contributed by atoms with Gasteiger partial charge in [0.25, 0.3) is 0 Å². The Kier molecular flexibility index (Phi) is 8.71. The maximum absolute atomic E-state index is 14.4. The van der Waals surface area contributed by atoms with Crippen LogP contribution in [0.3, 0.4) is 0 Å². The Morgan fingerprint density at radius 1 is 0.929 bits per heavy atom. The van der Waals surface area contributed by atoms with Crippen molar-refractivity contribution in [1.82, 2.24) is 4.98 Å². The molecule has 0 aliphatic rings. The average Bonchev–Trinajstić information content (AvgIpc) is 3.36. The van der Waals surface area contributed by atoms with E-state index < -0.39 is 29.3 Å². The number of halogens is 4. The van der Waals surface area contributed by atoms with Crippen molar-refractivity contribution >= 4 is 22.4 Å². The lowest BCUT2D eigenvalue weighted by molar-refractivity contribution is -0.275. The molecule has 0 amide bonds. The number of H-pyrrole nitrogens is 1. The molecule has 224 valence electrons. The van der Waals surface area contributed by atoms with E-state index >= 15 is 0 Å². The predicted octanol–water partition coefficient (Wildman–Crippen LogP) is 5.81. The fraction of sp³-hybridized carbons (Fsp3) is 0.276. The number of methoxy groups -OCH3 is 3. The first-order valence-electron chi connectivity index (χ1n) is 12.5. The van der Waals surface area contributed by atoms with Crippen LogP contribution < -0.4 is 29.0 Å². The molecule has 0 radical (unpaired) electrons. The van der Waals surface area contributed by atoms with Gasteiger partial charge in [0.05, 0.1) is 33.5 Å². The van der Waals surface area contributed by atoms with Gasteiger partial charge >= 0.3 is 6.36 Å². The zero-order valence-electron chi connectivity index (χ0n) is 23.0. The molecule has 0 saturated carbocycles. The molecule has 0 aliphatic heterocycles. The van der Waals surface area contributed by atoms with Gasteiger partial charge in [0.1, 0.15) is 35.2 Å². The van der Waals surface area contributed by atoms with Crippen molar-refractivity contribution in [2.45, 2.75) is 18.8 Å².